The van der Waals surface area contributed by atoms with Gasteiger partial charge in [0.05, 0.1) is 11.2 Å². The Kier molecular flexibility index (Phi) is 5.04. The summed E-state index contributed by atoms with van der Waals surface area (Å²) in [6.45, 7) is 8.82. The van der Waals surface area contributed by atoms with Gasteiger partial charge in [0.25, 0.3) is 0 Å². The SMILES string of the molecule is Cc1cc(C)c(-c2cc(-c3cccc4c3[nH]c3ccccc34)c(C)cc2C)cc1-c1ccccn1. The summed E-state index contributed by atoms with van der Waals surface area (Å²) in [6.07, 6.45) is 1.87. The molecule has 2 nitrogen and oxygen atoms in total. The molecule has 0 aliphatic rings. The van der Waals surface area contributed by atoms with Crippen LogP contribution in [0.3, 0.4) is 0 Å². The number of rotatable bonds is 3. The number of para-hydroxylation sites is 2. The Hall–Kier alpha value is -4.17. The van der Waals surface area contributed by atoms with Crippen molar-refractivity contribution >= 4 is 21.8 Å². The van der Waals surface area contributed by atoms with Crippen molar-refractivity contribution in [3.05, 3.63) is 113 Å². The van der Waals surface area contributed by atoms with E-state index in [9.17, 15) is 0 Å². The summed E-state index contributed by atoms with van der Waals surface area (Å²) >= 11 is 0. The van der Waals surface area contributed by atoms with Gasteiger partial charge in [-0.05, 0) is 97.0 Å². The molecule has 0 fully saturated rings. The molecule has 170 valence electrons. The molecule has 0 aliphatic carbocycles. The number of fused-ring (bicyclic) bond motifs is 3. The Balaban J connectivity index is 1.58. The molecule has 6 aromatic rings. The van der Waals surface area contributed by atoms with Crippen molar-refractivity contribution in [1.82, 2.24) is 9.97 Å². The molecule has 1 N–H and O–H groups in total. The first-order valence-electron chi connectivity index (χ1n) is 12.2. The lowest BCUT2D eigenvalue weighted by Gasteiger charge is -2.17. The largest absolute Gasteiger partial charge is 0.354 e. The number of hydrogen-bond donors (Lipinski definition) is 1. The van der Waals surface area contributed by atoms with Crippen LogP contribution in [0.1, 0.15) is 22.3 Å². The monoisotopic (exact) mass is 452 g/mol. The van der Waals surface area contributed by atoms with Crippen LogP contribution in [0.15, 0.2) is 91.1 Å². The molecule has 0 atom stereocenters. The van der Waals surface area contributed by atoms with Crippen LogP contribution in [0.4, 0.5) is 0 Å². The lowest BCUT2D eigenvalue weighted by molar-refractivity contribution is 1.29. The number of aromatic amines is 1. The molecular weight excluding hydrogens is 424 g/mol. The van der Waals surface area contributed by atoms with E-state index in [-0.39, 0.29) is 0 Å². The molecule has 0 spiro atoms. The van der Waals surface area contributed by atoms with Crippen LogP contribution in [-0.2, 0) is 0 Å². The predicted molar refractivity (Wildman–Crippen MR) is 149 cm³/mol. The Morgan fingerprint density at radius 3 is 1.83 bits per heavy atom. The van der Waals surface area contributed by atoms with E-state index in [1.165, 1.54) is 71.9 Å². The summed E-state index contributed by atoms with van der Waals surface area (Å²) in [4.78, 5) is 8.31. The van der Waals surface area contributed by atoms with Crippen LogP contribution >= 0.6 is 0 Å². The molecular formula is C33H28N2. The summed E-state index contributed by atoms with van der Waals surface area (Å²) in [5.74, 6) is 0. The van der Waals surface area contributed by atoms with Gasteiger partial charge in [-0.15, -0.1) is 0 Å². The maximum absolute atomic E-state index is 4.63. The number of aryl methyl sites for hydroxylation is 4. The van der Waals surface area contributed by atoms with Crippen LogP contribution in [0.2, 0.25) is 0 Å². The molecule has 0 saturated carbocycles. The van der Waals surface area contributed by atoms with Crippen LogP contribution in [0.5, 0.6) is 0 Å². The fourth-order valence-electron chi connectivity index (χ4n) is 5.47. The molecule has 0 unspecified atom stereocenters. The average molecular weight is 453 g/mol. The smallest absolute Gasteiger partial charge is 0.0704 e. The molecule has 2 aromatic heterocycles. The third kappa shape index (κ3) is 3.54. The Morgan fingerprint density at radius 2 is 1.11 bits per heavy atom. The summed E-state index contributed by atoms with van der Waals surface area (Å²) in [5, 5.41) is 2.53. The van der Waals surface area contributed by atoms with Crippen LogP contribution in [0, 0.1) is 27.7 Å². The molecule has 0 aliphatic heterocycles. The number of benzene rings is 4. The van der Waals surface area contributed by atoms with Gasteiger partial charge in [-0.1, -0.05) is 54.6 Å². The molecule has 4 aromatic carbocycles. The van der Waals surface area contributed by atoms with Gasteiger partial charge >= 0.3 is 0 Å². The van der Waals surface area contributed by atoms with Crippen molar-refractivity contribution in [1.29, 1.82) is 0 Å². The minimum absolute atomic E-state index is 1.01. The number of hydrogen-bond acceptors (Lipinski definition) is 1. The van der Waals surface area contributed by atoms with Crippen molar-refractivity contribution in [2.24, 2.45) is 0 Å². The zero-order chi connectivity index (χ0) is 24.1. The van der Waals surface area contributed by atoms with Crippen molar-refractivity contribution in [3.63, 3.8) is 0 Å². The van der Waals surface area contributed by atoms with Crippen molar-refractivity contribution in [2.45, 2.75) is 27.7 Å². The first-order chi connectivity index (χ1) is 17.0. The Bertz CT molecular complexity index is 1720. The van der Waals surface area contributed by atoms with Crippen molar-refractivity contribution < 1.29 is 0 Å². The van der Waals surface area contributed by atoms with Crippen molar-refractivity contribution in [3.8, 4) is 33.5 Å². The minimum Gasteiger partial charge on any atom is -0.354 e. The maximum Gasteiger partial charge on any atom is 0.0704 e. The third-order valence-electron chi connectivity index (χ3n) is 7.21. The number of aromatic nitrogens is 2. The second kappa shape index (κ2) is 8.25. The Morgan fingerprint density at radius 1 is 0.514 bits per heavy atom. The third-order valence-corrected chi connectivity index (χ3v) is 7.21. The zero-order valence-corrected chi connectivity index (χ0v) is 20.6. The Labute approximate surface area is 206 Å². The van der Waals surface area contributed by atoms with E-state index in [4.69, 9.17) is 0 Å². The highest BCUT2D eigenvalue weighted by molar-refractivity contribution is 6.12. The first-order valence-corrected chi connectivity index (χ1v) is 12.2. The highest BCUT2D eigenvalue weighted by Crippen LogP contribution is 2.39. The molecule has 6 rings (SSSR count). The van der Waals surface area contributed by atoms with E-state index in [2.05, 4.69) is 117 Å². The summed E-state index contributed by atoms with van der Waals surface area (Å²) in [6, 6.07) is 30.6. The van der Waals surface area contributed by atoms with Gasteiger partial charge in [0, 0.05) is 33.6 Å². The van der Waals surface area contributed by atoms with Gasteiger partial charge in [0.2, 0.25) is 0 Å². The summed E-state index contributed by atoms with van der Waals surface area (Å²) in [7, 11) is 0. The second-order valence-electron chi connectivity index (χ2n) is 9.58. The fourth-order valence-corrected chi connectivity index (χ4v) is 5.47. The summed E-state index contributed by atoms with van der Waals surface area (Å²) in [5.41, 5.74) is 14.7. The van der Waals surface area contributed by atoms with Gasteiger partial charge in [0.1, 0.15) is 0 Å². The average Bonchev–Trinajstić information content (AvgIpc) is 3.24. The van der Waals surface area contributed by atoms with Crippen LogP contribution in [-0.4, -0.2) is 9.97 Å². The topological polar surface area (TPSA) is 28.7 Å². The molecule has 0 amide bonds. The van der Waals surface area contributed by atoms with E-state index < -0.39 is 0 Å². The zero-order valence-electron chi connectivity index (χ0n) is 20.6. The lowest BCUT2D eigenvalue weighted by atomic mass is 9.87. The van der Waals surface area contributed by atoms with E-state index in [0.717, 1.165) is 5.69 Å². The molecule has 0 saturated heterocycles. The van der Waals surface area contributed by atoms with Crippen LogP contribution in [0.25, 0.3) is 55.3 Å². The van der Waals surface area contributed by atoms with Gasteiger partial charge < -0.3 is 4.98 Å². The highest BCUT2D eigenvalue weighted by Gasteiger charge is 2.16. The van der Waals surface area contributed by atoms with E-state index in [0.29, 0.717) is 0 Å². The van der Waals surface area contributed by atoms with Crippen molar-refractivity contribution in [2.75, 3.05) is 0 Å². The van der Waals surface area contributed by atoms with E-state index >= 15 is 0 Å². The first kappa shape index (κ1) is 21.4. The molecule has 0 radical (unpaired) electrons. The van der Waals surface area contributed by atoms with Gasteiger partial charge in [-0.3, -0.25) is 4.98 Å². The number of pyridine rings is 1. The number of nitrogens with zero attached hydrogens (tertiary/aromatic N) is 1. The highest BCUT2D eigenvalue weighted by atomic mass is 14.7. The lowest BCUT2D eigenvalue weighted by Crippen LogP contribution is -1.95. The van der Waals surface area contributed by atoms with E-state index in [1.54, 1.807) is 0 Å². The summed E-state index contributed by atoms with van der Waals surface area (Å²) < 4.78 is 0. The second-order valence-corrected chi connectivity index (χ2v) is 9.58. The quantitative estimate of drug-likeness (QED) is 0.285. The normalized spacial score (nSPS) is 11.4. The number of H-pyrrole nitrogens is 1. The van der Waals surface area contributed by atoms with Crippen LogP contribution < -0.4 is 0 Å². The van der Waals surface area contributed by atoms with E-state index in [1.807, 2.05) is 12.3 Å². The molecule has 2 heteroatoms. The molecule has 35 heavy (non-hydrogen) atoms. The number of nitrogens with one attached hydrogen (secondary N) is 1. The fraction of sp³-hybridized carbons (Fsp3) is 0.121. The molecule has 2 heterocycles. The van der Waals surface area contributed by atoms with Gasteiger partial charge in [0.15, 0.2) is 0 Å². The standard InChI is InChI=1S/C33H28N2/c1-20-16-21(2)28(29-19-30(23(4)17-22(29)3)31-13-7-8-15-34-31)18-27(20)26-12-9-11-25-24-10-5-6-14-32(24)35-33(25)26/h5-19,35H,1-4H3. The van der Waals surface area contributed by atoms with Gasteiger partial charge in [-0.2, -0.15) is 0 Å². The molecule has 0 bridgehead atoms. The van der Waals surface area contributed by atoms with Gasteiger partial charge in [-0.25, -0.2) is 0 Å². The predicted octanol–water partition coefficient (Wildman–Crippen LogP) is 8.95. The minimum atomic E-state index is 1.01. The maximum atomic E-state index is 4.63.